The Labute approximate surface area is 193 Å². The summed E-state index contributed by atoms with van der Waals surface area (Å²) in [5, 5.41) is 5.35. The van der Waals surface area contributed by atoms with E-state index in [0.29, 0.717) is 36.8 Å². The van der Waals surface area contributed by atoms with E-state index >= 15 is 0 Å². The van der Waals surface area contributed by atoms with Crippen LogP contribution in [0.4, 0.5) is 5.69 Å². The maximum atomic E-state index is 12.5. The van der Waals surface area contributed by atoms with Crippen LogP contribution in [0.15, 0.2) is 47.5 Å². The minimum Gasteiger partial charge on any atom is -0.497 e. The number of benzene rings is 2. The molecule has 0 bridgehead atoms. The smallest absolute Gasteiger partial charge is 0.313 e. The third kappa shape index (κ3) is 6.61. The van der Waals surface area contributed by atoms with Gasteiger partial charge in [0.25, 0.3) is 0 Å². The third-order valence-electron chi connectivity index (χ3n) is 5.12. The highest BCUT2D eigenvalue weighted by Gasteiger charge is 2.25. The maximum absolute atomic E-state index is 12.5. The molecule has 1 atom stereocenters. The van der Waals surface area contributed by atoms with Crippen molar-refractivity contribution >= 4 is 23.9 Å². The third-order valence-corrected chi connectivity index (χ3v) is 5.12. The molecule has 2 aromatic carbocycles. The molecule has 176 valence electrons. The quantitative estimate of drug-likeness (QED) is 0.563. The van der Waals surface area contributed by atoms with Crippen LogP contribution >= 0.6 is 0 Å². The molecule has 1 aliphatic heterocycles. The maximum Gasteiger partial charge on any atom is 0.313 e. The molecule has 0 fully saturated rings. The van der Waals surface area contributed by atoms with Gasteiger partial charge in [0.1, 0.15) is 23.4 Å². The predicted octanol–water partition coefficient (Wildman–Crippen LogP) is 3.11. The van der Waals surface area contributed by atoms with E-state index < -0.39 is 17.4 Å². The number of carbonyl (C=O) groups excluding carboxylic acids is 2. The van der Waals surface area contributed by atoms with Gasteiger partial charge in [0.05, 0.1) is 27.4 Å². The van der Waals surface area contributed by atoms with Crippen molar-refractivity contribution in [1.82, 2.24) is 5.32 Å². The summed E-state index contributed by atoms with van der Waals surface area (Å²) in [7, 11) is 3.13. The number of nitrogens with one attached hydrogen (secondary N) is 2. The van der Waals surface area contributed by atoms with E-state index in [1.807, 2.05) is 38.1 Å². The lowest BCUT2D eigenvalue weighted by Crippen LogP contribution is -2.48. The zero-order valence-corrected chi connectivity index (χ0v) is 19.2. The van der Waals surface area contributed by atoms with Gasteiger partial charge in [0.2, 0.25) is 0 Å². The Bertz CT molecular complexity index is 996. The summed E-state index contributed by atoms with van der Waals surface area (Å²) in [4.78, 5) is 28.9. The first-order valence-electron chi connectivity index (χ1n) is 10.5. The van der Waals surface area contributed by atoms with Crippen LogP contribution in [0, 0.1) is 0 Å². The highest BCUT2D eigenvalue weighted by atomic mass is 16.5. The van der Waals surface area contributed by atoms with Gasteiger partial charge in [-0.1, -0.05) is 0 Å². The minimum atomic E-state index is -0.769. The average Bonchev–Trinajstić information content (AvgIpc) is 3.33. The molecule has 9 heteroatoms. The molecule has 2 amide bonds. The van der Waals surface area contributed by atoms with E-state index in [2.05, 4.69) is 15.6 Å². The van der Waals surface area contributed by atoms with Crippen LogP contribution in [-0.2, 0) is 14.3 Å². The second-order valence-electron chi connectivity index (χ2n) is 8.12. The first-order chi connectivity index (χ1) is 15.8. The lowest BCUT2D eigenvalue weighted by Gasteiger charge is -2.26. The van der Waals surface area contributed by atoms with Gasteiger partial charge in [-0.25, -0.2) is 0 Å². The molecule has 0 radical (unpaired) electrons. The van der Waals surface area contributed by atoms with E-state index in [9.17, 15) is 9.59 Å². The Hall–Kier alpha value is -3.75. The predicted molar refractivity (Wildman–Crippen MR) is 124 cm³/mol. The van der Waals surface area contributed by atoms with Gasteiger partial charge in [0, 0.05) is 29.3 Å². The fourth-order valence-corrected chi connectivity index (χ4v) is 3.24. The zero-order valence-electron chi connectivity index (χ0n) is 19.2. The molecule has 0 aromatic heterocycles. The molecular formula is C24H29N3O6. The standard InChI is InChI=1S/C24H29N3O6/c1-24(2,11-12-32-18-8-6-17(30-3)7-9-18)27-23(29)22(28)26-16-5-10-19(20(13-16)31-4)21-14-25-15-33-21/h5-10,13,15,21H,11-12,14H2,1-4H3,(H,26,28)(H,27,29). The zero-order chi connectivity index (χ0) is 23.8. The van der Waals surface area contributed by atoms with E-state index in [-0.39, 0.29) is 6.10 Å². The molecule has 2 aromatic rings. The lowest BCUT2D eigenvalue weighted by atomic mass is 10.0. The monoisotopic (exact) mass is 455 g/mol. The molecule has 9 nitrogen and oxygen atoms in total. The van der Waals surface area contributed by atoms with Gasteiger partial charge in [-0.15, -0.1) is 0 Å². The van der Waals surface area contributed by atoms with Crippen LogP contribution < -0.4 is 24.8 Å². The molecule has 0 spiro atoms. The van der Waals surface area contributed by atoms with E-state index in [1.165, 1.54) is 13.5 Å². The number of hydrogen-bond donors (Lipinski definition) is 2. The number of carbonyl (C=O) groups is 2. The van der Waals surface area contributed by atoms with Crippen LogP contribution in [-0.4, -0.2) is 51.1 Å². The summed E-state index contributed by atoms with van der Waals surface area (Å²) in [5.74, 6) is 0.478. The SMILES string of the molecule is COc1ccc(OCCC(C)(C)NC(=O)C(=O)Nc2ccc(C3CN=CO3)c(OC)c2)cc1. The number of ether oxygens (including phenoxy) is 4. The van der Waals surface area contributed by atoms with Gasteiger partial charge in [-0.05, 0) is 50.2 Å². The summed E-state index contributed by atoms with van der Waals surface area (Å²) in [6.07, 6.45) is 1.69. The second kappa shape index (κ2) is 10.7. The van der Waals surface area contributed by atoms with Crippen molar-refractivity contribution in [2.24, 2.45) is 4.99 Å². The topological polar surface area (TPSA) is 107 Å². The Morgan fingerprint density at radius 2 is 1.79 bits per heavy atom. The van der Waals surface area contributed by atoms with Crippen LogP contribution in [0.2, 0.25) is 0 Å². The van der Waals surface area contributed by atoms with Gasteiger partial charge < -0.3 is 29.6 Å². The summed E-state index contributed by atoms with van der Waals surface area (Å²) in [6, 6.07) is 12.4. The van der Waals surface area contributed by atoms with Gasteiger partial charge >= 0.3 is 11.8 Å². The number of methoxy groups -OCH3 is 2. The van der Waals surface area contributed by atoms with Crippen molar-refractivity contribution in [1.29, 1.82) is 0 Å². The molecule has 0 saturated heterocycles. The van der Waals surface area contributed by atoms with Crippen molar-refractivity contribution in [3.63, 3.8) is 0 Å². The van der Waals surface area contributed by atoms with Crippen molar-refractivity contribution in [2.45, 2.75) is 31.9 Å². The molecule has 1 unspecified atom stereocenters. The number of amides is 2. The molecular weight excluding hydrogens is 426 g/mol. The Balaban J connectivity index is 1.50. The van der Waals surface area contributed by atoms with Crippen LogP contribution in [0.25, 0.3) is 0 Å². The Morgan fingerprint density at radius 1 is 1.06 bits per heavy atom. The summed E-state index contributed by atoms with van der Waals surface area (Å²) in [6.45, 7) is 4.53. The van der Waals surface area contributed by atoms with E-state index in [4.69, 9.17) is 18.9 Å². The summed E-state index contributed by atoms with van der Waals surface area (Å²) < 4.78 is 21.7. The normalized spacial score (nSPS) is 14.8. The second-order valence-corrected chi connectivity index (χ2v) is 8.12. The van der Waals surface area contributed by atoms with E-state index in [0.717, 1.165) is 11.3 Å². The number of nitrogens with zero attached hydrogens (tertiary/aromatic N) is 1. The summed E-state index contributed by atoms with van der Waals surface area (Å²) in [5.41, 5.74) is 0.605. The molecule has 1 aliphatic rings. The van der Waals surface area contributed by atoms with Crippen LogP contribution in [0.3, 0.4) is 0 Å². The molecule has 1 heterocycles. The van der Waals surface area contributed by atoms with Gasteiger partial charge in [0.15, 0.2) is 6.40 Å². The number of rotatable bonds is 9. The van der Waals surface area contributed by atoms with Crippen LogP contribution in [0.1, 0.15) is 31.9 Å². The average molecular weight is 456 g/mol. The van der Waals surface area contributed by atoms with Gasteiger partial charge in [-0.3, -0.25) is 14.6 Å². The molecule has 2 N–H and O–H groups in total. The number of anilines is 1. The minimum absolute atomic E-state index is 0.228. The van der Waals surface area contributed by atoms with Crippen molar-refractivity contribution in [2.75, 3.05) is 32.7 Å². The number of aliphatic imine (C=N–C) groups is 1. The van der Waals surface area contributed by atoms with Crippen molar-refractivity contribution < 1.29 is 28.5 Å². The van der Waals surface area contributed by atoms with E-state index in [1.54, 1.807) is 25.3 Å². The molecule has 0 saturated carbocycles. The van der Waals surface area contributed by atoms with Gasteiger partial charge in [-0.2, -0.15) is 0 Å². The first-order valence-corrected chi connectivity index (χ1v) is 10.5. The fraction of sp³-hybridized carbons (Fsp3) is 0.375. The van der Waals surface area contributed by atoms with Crippen molar-refractivity contribution in [3.8, 4) is 17.2 Å². The Morgan fingerprint density at radius 3 is 2.42 bits per heavy atom. The number of hydrogen-bond acceptors (Lipinski definition) is 7. The Kier molecular flexibility index (Phi) is 7.76. The summed E-state index contributed by atoms with van der Waals surface area (Å²) >= 11 is 0. The van der Waals surface area contributed by atoms with Crippen LogP contribution in [0.5, 0.6) is 17.2 Å². The highest BCUT2D eigenvalue weighted by Crippen LogP contribution is 2.32. The lowest BCUT2D eigenvalue weighted by molar-refractivity contribution is -0.137. The largest absolute Gasteiger partial charge is 0.497 e. The fourth-order valence-electron chi connectivity index (χ4n) is 3.24. The molecule has 33 heavy (non-hydrogen) atoms. The molecule has 0 aliphatic carbocycles. The van der Waals surface area contributed by atoms with Crippen molar-refractivity contribution in [3.05, 3.63) is 48.0 Å². The first kappa shape index (κ1) is 23.9. The molecule has 3 rings (SSSR count). The highest BCUT2D eigenvalue weighted by molar-refractivity contribution is 6.39.